The van der Waals surface area contributed by atoms with Crippen LogP contribution in [0.3, 0.4) is 0 Å². The first-order valence-corrected chi connectivity index (χ1v) is 12.6. The summed E-state index contributed by atoms with van der Waals surface area (Å²) in [5.41, 5.74) is 6.84. The molecule has 1 atom stereocenters. The maximum absolute atomic E-state index is 14.5. The fraction of sp³-hybridized carbons (Fsp3) is 0.440. The van der Waals surface area contributed by atoms with Crippen LogP contribution in [0.5, 0.6) is 5.75 Å². The van der Waals surface area contributed by atoms with Crippen LogP contribution in [0.2, 0.25) is 0 Å². The number of piperazine rings is 1. The summed E-state index contributed by atoms with van der Waals surface area (Å²) in [6.45, 7) is 6.08. The molecule has 1 aromatic carbocycles. The highest BCUT2D eigenvalue weighted by atomic mass is 19.1. The van der Waals surface area contributed by atoms with Crippen molar-refractivity contribution in [2.45, 2.75) is 12.8 Å². The first kappa shape index (κ1) is 23.5. The van der Waals surface area contributed by atoms with Crippen molar-refractivity contribution in [2.24, 2.45) is 5.92 Å². The highest BCUT2D eigenvalue weighted by molar-refractivity contribution is 5.53. The molecule has 0 spiro atoms. The second-order valence-corrected chi connectivity index (χ2v) is 9.57. The fourth-order valence-corrected chi connectivity index (χ4v) is 5.25. The van der Waals surface area contributed by atoms with Crippen molar-refractivity contribution < 1.29 is 13.5 Å². The topological polar surface area (TPSA) is 114 Å². The Bertz CT molecular complexity index is 1370. The maximum atomic E-state index is 14.5. The number of ether oxygens (including phenoxy) is 1. The van der Waals surface area contributed by atoms with E-state index in [0.29, 0.717) is 40.7 Å². The van der Waals surface area contributed by atoms with Crippen LogP contribution in [-0.2, 0) is 0 Å². The molecule has 2 N–H and O–H groups in total. The molecule has 0 radical (unpaired) electrons. The van der Waals surface area contributed by atoms with Gasteiger partial charge in [0.25, 0.3) is 5.78 Å². The normalized spacial score (nSPS) is 19.0. The lowest BCUT2D eigenvalue weighted by molar-refractivity contribution is 0.205. The molecule has 1 unspecified atom stereocenters. The Morgan fingerprint density at radius 2 is 1.95 bits per heavy atom. The van der Waals surface area contributed by atoms with Crippen LogP contribution in [-0.4, -0.2) is 82.4 Å². The van der Waals surface area contributed by atoms with E-state index in [1.165, 1.54) is 10.6 Å². The molecule has 194 valence electrons. The van der Waals surface area contributed by atoms with E-state index in [1.54, 1.807) is 31.6 Å². The molecule has 2 fully saturated rings. The molecule has 37 heavy (non-hydrogen) atoms. The summed E-state index contributed by atoms with van der Waals surface area (Å²) >= 11 is 0. The molecular formula is C25H30FN9O2. The second kappa shape index (κ2) is 9.85. The van der Waals surface area contributed by atoms with Gasteiger partial charge in [0.2, 0.25) is 17.7 Å². The molecule has 0 bridgehead atoms. The molecule has 2 saturated heterocycles. The largest absolute Gasteiger partial charge is 0.497 e. The number of furan rings is 1. The highest BCUT2D eigenvalue weighted by Gasteiger charge is 2.27. The Labute approximate surface area is 213 Å². The zero-order valence-corrected chi connectivity index (χ0v) is 20.8. The van der Waals surface area contributed by atoms with E-state index in [2.05, 4.69) is 34.8 Å². The number of fused-ring (bicyclic) bond motifs is 1. The van der Waals surface area contributed by atoms with Crippen LogP contribution in [0.4, 0.5) is 22.0 Å². The van der Waals surface area contributed by atoms with E-state index in [0.717, 1.165) is 58.7 Å². The number of halogens is 1. The number of methoxy groups -OCH3 is 1. The Morgan fingerprint density at radius 1 is 1.08 bits per heavy atom. The van der Waals surface area contributed by atoms with Gasteiger partial charge in [-0.3, -0.25) is 4.90 Å². The van der Waals surface area contributed by atoms with Crippen molar-refractivity contribution in [3.05, 3.63) is 42.4 Å². The molecule has 3 aromatic heterocycles. The molecule has 12 heteroatoms. The number of anilines is 3. The fourth-order valence-electron chi connectivity index (χ4n) is 5.25. The molecule has 5 heterocycles. The molecule has 4 aromatic rings. The number of nitrogen functional groups attached to an aromatic ring is 1. The number of nitrogens with zero attached hydrogens (tertiary/aromatic N) is 8. The lowest BCUT2D eigenvalue weighted by Crippen LogP contribution is -2.50. The minimum atomic E-state index is -0.240. The van der Waals surface area contributed by atoms with Gasteiger partial charge in [0, 0.05) is 51.9 Å². The van der Waals surface area contributed by atoms with E-state index < -0.39 is 0 Å². The highest BCUT2D eigenvalue weighted by Crippen LogP contribution is 2.27. The van der Waals surface area contributed by atoms with E-state index in [9.17, 15) is 4.39 Å². The quantitative estimate of drug-likeness (QED) is 0.418. The number of aromatic nitrogens is 5. The SMILES string of the molecule is COc1ccc(N2CCN(CC3CCCN(c4nc(N)n5nc(-c6ccco6)nc5n4)C3)CC2)c(F)c1. The van der Waals surface area contributed by atoms with Gasteiger partial charge in [0.05, 0.1) is 19.1 Å². The zero-order chi connectivity index (χ0) is 25.4. The Morgan fingerprint density at radius 3 is 2.70 bits per heavy atom. The summed E-state index contributed by atoms with van der Waals surface area (Å²) in [6.07, 6.45) is 3.78. The predicted octanol–water partition coefficient (Wildman–Crippen LogP) is 2.55. The number of piperidine rings is 1. The lowest BCUT2D eigenvalue weighted by atomic mass is 9.97. The van der Waals surface area contributed by atoms with Crippen LogP contribution in [0, 0.1) is 11.7 Å². The van der Waals surface area contributed by atoms with Gasteiger partial charge in [-0.05, 0) is 43.0 Å². The zero-order valence-electron chi connectivity index (χ0n) is 20.8. The lowest BCUT2D eigenvalue weighted by Gasteiger charge is -2.40. The number of nitrogens with two attached hydrogens (primary N) is 1. The third-order valence-corrected chi connectivity index (χ3v) is 7.15. The van der Waals surface area contributed by atoms with E-state index in [4.69, 9.17) is 14.9 Å². The van der Waals surface area contributed by atoms with Crippen molar-refractivity contribution in [3.63, 3.8) is 0 Å². The molecule has 2 aliphatic heterocycles. The Kier molecular flexibility index (Phi) is 6.25. The van der Waals surface area contributed by atoms with Gasteiger partial charge < -0.3 is 24.7 Å². The average molecular weight is 508 g/mol. The van der Waals surface area contributed by atoms with Gasteiger partial charge in [-0.1, -0.05) is 0 Å². The maximum Gasteiger partial charge on any atom is 0.259 e. The Hall–Kier alpha value is -3.93. The number of hydrogen-bond donors (Lipinski definition) is 1. The third-order valence-electron chi connectivity index (χ3n) is 7.15. The summed E-state index contributed by atoms with van der Waals surface area (Å²) in [5, 5.41) is 4.38. The summed E-state index contributed by atoms with van der Waals surface area (Å²) in [6, 6.07) is 8.64. The smallest absolute Gasteiger partial charge is 0.259 e. The van der Waals surface area contributed by atoms with Crippen molar-refractivity contribution >= 4 is 23.4 Å². The number of benzene rings is 1. The van der Waals surface area contributed by atoms with Crippen LogP contribution in [0.15, 0.2) is 41.0 Å². The average Bonchev–Trinajstić information content (AvgIpc) is 3.60. The molecule has 0 amide bonds. The first-order chi connectivity index (χ1) is 18.1. The third kappa shape index (κ3) is 4.76. The van der Waals surface area contributed by atoms with Gasteiger partial charge >= 0.3 is 0 Å². The van der Waals surface area contributed by atoms with Gasteiger partial charge in [-0.15, -0.1) is 5.10 Å². The summed E-state index contributed by atoms with van der Waals surface area (Å²) in [7, 11) is 1.55. The summed E-state index contributed by atoms with van der Waals surface area (Å²) in [5.74, 6) is 2.98. The van der Waals surface area contributed by atoms with Crippen LogP contribution < -0.4 is 20.3 Å². The summed E-state index contributed by atoms with van der Waals surface area (Å²) in [4.78, 5) is 20.4. The van der Waals surface area contributed by atoms with Crippen molar-refractivity contribution in [2.75, 3.05) is 68.5 Å². The molecule has 11 nitrogen and oxygen atoms in total. The molecule has 0 aliphatic carbocycles. The molecular weight excluding hydrogens is 477 g/mol. The van der Waals surface area contributed by atoms with Gasteiger partial charge in [-0.2, -0.15) is 19.5 Å². The van der Waals surface area contributed by atoms with Crippen LogP contribution >= 0.6 is 0 Å². The number of rotatable bonds is 6. The van der Waals surface area contributed by atoms with E-state index >= 15 is 0 Å². The van der Waals surface area contributed by atoms with Crippen LogP contribution in [0.1, 0.15) is 12.8 Å². The second-order valence-electron chi connectivity index (χ2n) is 9.57. The van der Waals surface area contributed by atoms with Crippen molar-refractivity contribution in [1.82, 2.24) is 29.5 Å². The molecule has 2 aliphatic rings. The Balaban J connectivity index is 1.09. The van der Waals surface area contributed by atoms with Crippen molar-refractivity contribution in [3.8, 4) is 17.3 Å². The van der Waals surface area contributed by atoms with Gasteiger partial charge in [0.1, 0.15) is 11.6 Å². The van der Waals surface area contributed by atoms with Crippen LogP contribution in [0.25, 0.3) is 17.4 Å². The van der Waals surface area contributed by atoms with E-state index in [1.807, 2.05) is 6.07 Å². The van der Waals surface area contributed by atoms with Gasteiger partial charge in [-0.25, -0.2) is 4.39 Å². The molecule has 6 rings (SSSR count). The molecule has 0 saturated carbocycles. The first-order valence-electron chi connectivity index (χ1n) is 12.6. The number of hydrogen-bond acceptors (Lipinski definition) is 10. The van der Waals surface area contributed by atoms with Crippen molar-refractivity contribution in [1.29, 1.82) is 0 Å². The predicted molar refractivity (Wildman–Crippen MR) is 137 cm³/mol. The summed E-state index contributed by atoms with van der Waals surface area (Å²) < 4.78 is 26.5. The minimum absolute atomic E-state index is 0.240. The monoisotopic (exact) mass is 507 g/mol. The van der Waals surface area contributed by atoms with E-state index in [-0.39, 0.29) is 11.8 Å². The standard InChI is InChI=1S/C25H30FN9O2/c1-36-18-6-7-20(19(26)14-18)33-11-9-32(10-12-33)15-17-4-2-8-34(16-17)24-29-23(27)35-25(30-24)28-22(31-35)21-5-3-13-37-21/h3,5-7,13-14,17H,2,4,8-12,15-16H2,1H3,(H2,27,28,29,30,31). The minimum Gasteiger partial charge on any atom is -0.497 e. The van der Waals surface area contributed by atoms with Gasteiger partial charge in [0.15, 0.2) is 5.76 Å².